The van der Waals surface area contributed by atoms with Crippen molar-refractivity contribution >= 4 is 11.7 Å². The normalized spacial score (nSPS) is 18.7. The molecule has 1 unspecified atom stereocenters. The van der Waals surface area contributed by atoms with Gasteiger partial charge in [-0.05, 0) is 31.0 Å². The number of nitrogens with zero attached hydrogens (tertiary/aromatic N) is 2. The Morgan fingerprint density at radius 2 is 2.39 bits per heavy atom. The Bertz CT molecular complexity index is 396. The second kappa shape index (κ2) is 5.82. The summed E-state index contributed by atoms with van der Waals surface area (Å²) in [7, 11) is 3.91. The maximum absolute atomic E-state index is 11.8. The number of hydrogen-bond donors (Lipinski definition) is 2. The van der Waals surface area contributed by atoms with Crippen LogP contribution in [0.15, 0.2) is 18.3 Å². The first-order valence-corrected chi connectivity index (χ1v) is 6.30. The third-order valence-corrected chi connectivity index (χ3v) is 3.11. The number of anilines is 1. The van der Waals surface area contributed by atoms with Gasteiger partial charge in [0.1, 0.15) is 5.82 Å². The fraction of sp³-hybridized carbons (Fsp3) is 0.538. The maximum atomic E-state index is 11.8. The van der Waals surface area contributed by atoms with Crippen LogP contribution in [0.3, 0.4) is 0 Å². The molecule has 1 atom stereocenters. The molecule has 98 valence electrons. The number of nitrogens with one attached hydrogen (secondary N) is 2. The lowest BCUT2D eigenvalue weighted by molar-refractivity contribution is -0.122. The molecule has 0 saturated carbocycles. The van der Waals surface area contributed by atoms with E-state index in [0.717, 1.165) is 30.8 Å². The van der Waals surface area contributed by atoms with E-state index in [-0.39, 0.29) is 11.9 Å². The molecule has 5 heteroatoms. The molecule has 18 heavy (non-hydrogen) atoms. The number of carbonyl (C=O) groups is 1. The number of carbonyl (C=O) groups excluding carboxylic acids is 1. The minimum absolute atomic E-state index is 0.0148. The molecule has 1 aromatic rings. The zero-order chi connectivity index (χ0) is 13.0. The Labute approximate surface area is 108 Å². The molecule has 1 aliphatic rings. The van der Waals surface area contributed by atoms with Gasteiger partial charge in [-0.1, -0.05) is 6.07 Å². The first kappa shape index (κ1) is 12.8. The average molecular weight is 248 g/mol. The van der Waals surface area contributed by atoms with Crippen LogP contribution in [0.4, 0.5) is 5.82 Å². The molecule has 5 nitrogen and oxygen atoms in total. The van der Waals surface area contributed by atoms with E-state index in [1.54, 1.807) is 6.20 Å². The van der Waals surface area contributed by atoms with E-state index in [9.17, 15) is 4.79 Å². The number of pyridine rings is 1. The summed E-state index contributed by atoms with van der Waals surface area (Å²) in [6.07, 6.45) is 3.82. The van der Waals surface area contributed by atoms with E-state index in [4.69, 9.17) is 0 Å². The fourth-order valence-electron chi connectivity index (χ4n) is 2.01. The van der Waals surface area contributed by atoms with Crippen LogP contribution in [0.2, 0.25) is 0 Å². The van der Waals surface area contributed by atoms with Crippen LogP contribution in [0.1, 0.15) is 18.4 Å². The standard InChI is InChI=1S/C13H20N4O/c1-17(2)12-6-5-10(8-15-12)9-16-13(18)11-4-3-7-14-11/h5-6,8,11,14H,3-4,7,9H2,1-2H3,(H,16,18). The van der Waals surface area contributed by atoms with Gasteiger partial charge in [0.05, 0.1) is 6.04 Å². The average Bonchev–Trinajstić information content (AvgIpc) is 2.90. The summed E-state index contributed by atoms with van der Waals surface area (Å²) < 4.78 is 0. The molecule has 0 aromatic carbocycles. The fourth-order valence-corrected chi connectivity index (χ4v) is 2.01. The maximum Gasteiger partial charge on any atom is 0.237 e. The highest BCUT2D eigenvalue weighted by Gasteiger charge is 2.21. The summed E-state index contributed by atoms with van der Waals surface area (Å²) in [5.41, 5.74) is 1.02. The summed E-state index contributed by atoms with van der Waals surface area (Å²) in [5.74, 6) is 1.01. The molecular weight excluding hydrogens is 228 g/mol. The highest BCUT2D eigenvalue weighted by molar-refractivity contribution is 5.81. The molecule has 1 aliphatic heterocycles. The van der Waals surface area contributed by atoms with E-state index in [1.807, 2.05) is 31.1 Å². The van der Waals surface area contributed by atoms with Crippen molar-refractivity contribution < 1.29 is 4.79 Å². The molecule has 1 amide bonds. The van der Waals surface area contributed by atoms with Crippen molar-refractivity contribution in [3.8, 4) is 0 Å². The van der Waals surface area contributed by atoms with E-state index in [2.05, 4.69) is 15.6 Å². The van der Waals surface area contributed by atoms with Crippen LogP contribution in [-0.4, -0.2) is 37.6 Å². The molecule has 0 spiro atoms. The summed E-state index contributed by atoms with van der Waals surface area (Å²) in [6.45, 7) is 1.48. The largest absolute Gasteiger partial charge is 0.363 e. The first-order valence-electron chi connectivity index (χ1n) is 6.30. The predicted molar refractivity (Wildman–Crippen MR) is 71.4 cm³/mol. The Morgan fingerprint density at radius 3 is 2.94 bits per heavy atom. The highest BCUT2D eigenvalue weighted by atomic mass is 16.2. The summed E-state index contributed by atoms with van der Waals surface area (Å²) in [5, 5.41) is 6.12. The third kappa shape index (κ3) is 3.20. The van der Waals surface area contributed by atoms with Gasteiger partial charge in [0.2, 0.25) is 5.91 Å². The van der Waals surface area contributed by atoms with Crippen LogP contribution in [0.25, 0.3) is 0 Å². The predicted octanol–water partition coefficient (Wildman–Crippen LogP) is 0.516. The van der Waals surface area contributed by atoms with Gasteiger partial charge in [-0.2, -0.15) is 0 Å². The minimum Gasteiger partial charge on any atom is -0.363 e. The van der Waals surface area contributed by atoms with Crippen LogP contribution in [0.5, 0.6) is 0 Å². The smallest absolute Gasteiger partial charge is 0.237 e. The number of amides is 1. The molecule has 0 radical (unpaired) electrons. The van der Waals surface area contributed by atoms with Gasteiger partial charge in [0, 0.05) is 26.8 Å². The van der Waals surface area contributed by atoms with Crippen molar-refractivity contribution in [3.05, 3.63) is 23.9 Å². The lowest BCUT2D eigenvalue weighted by Crippen LogP contribution is -2.40. The molecule has 0 aliphatic carbocycles. The van der Waals surface area contributed by atoms with E-state index in [0.29, 0.717) is 6.54 Å². The molecule has 1 saturated heterocycles. The van der Waals surface area contributed by atoms with Crippen LogP contribution >= 0.6 is 0 Å². The molecule has 1 aromatic heterocycles. The van der Waals surface area contributed by atoms with Crippen molar-refractivity contribution in [2.45, 2.75) is 25.4 Å². The van der Waals surface area contributed by atoms with Gasteiger partial charge < -0.3 is 15.5 Å². The van der Waals surface area contributed by atoms with Crippen LogP contribution in [0, 0.1) is 0 Å². The number of aromatic nitrogens is 1. The quantitative estimate of drug-likeness (QED) is 0.815. The lowest BCUT2D eigenvalue weighted by Gasteiger charge is -2.13. The van der Waals surface area contributed by atoms with Gasteiger partial charge in [-0.3, -0.25) is 4.79 Å². The second-order valence-corrected chi connectivity index (χ2v) is 4.79. The van der Waals surface area contributed by atoms with Crippen molar-refractivity contribution in [2.24, 2.45) is 0 Å². The van der Waals surface area contributed by atoms with E-state index in [1.165, 1.54) is 0 Å². The Hall–Kier alpha value is -1.62. The van der Waals surface area contributed by atoms with Gasteiger partial charge in [-0.15, -0.1) is 0 Å². The number of rotatable bonds is 4. The summed E-state index contributed by atoms with van der Waals surface area (Å²) in [6, 6.07) is 3.93. The zero-order valence-electron chi connectivity index (χ0n) is 10.9. The van der Waals surface area contributed by atoms with Crippen LogP contribution in [-0.2, 0) is 11.3 Å². The van der Waals surface area contributed by atoms with E-state index < -0.39 is 0 Å². The lowest BCUT2D eigenvalue weighted by atomic mass is 10.2. The van der Waals surface area contributed by atoms with Crippen LogP contribution < -0.4 is 15.5 Å². The summed E-state index contributed by atoms with van der Waals surface area (Å²) in [4.78, 5) is 18.1. The number of hydrogen-bond acceptors (Lipinski definition) is 4. The summed E-state index contributed by atoms with van der Waals surface area (Å²) >= 11 is 0. The van der Waals surface area contributed by atoms with Gasteiger partial charge in [0.25, 0.3) is 0 Å². The zero-order valence-corrected chi connectivity index (χ0v) is 10.9. The second-order valence-electron chi connectivity index (χ2n) is 4.79. The Balaban J connectivity index is 1.84. The molecule has 1 fully saturated rings. The molecular formula is C13H20N4O. The molecule has 0 bridgehead atoms. The monoisotopic (exact) mass is 248 g/mol. The Kier molecular flexibility index (Phi) is 4.15. The SMILES string of the molecule is CN(C)c1ccc(CNC(=O)C2CCCN2)cn1. The topological polar surface area (TPSA) is 57.3 Å². The first-order chi connectivity index (χ1) is 8.66. The van der Waals surface area contributed by atoms with Crippen molar-refractivity contribution in [1.29, 1.82) is 0 Å². The minimum atomic E-state index is -0.0148. The molecule has 2 N–H and O–H groups in total. The van der Waals surface area contributed by atoms with Gasteiger partial charge in [-0.25, -0.2) is 4.98 Å². The van der Waals surface area contributed by atoms with Crippen molar-refractivity contribution in [1.82, 2.24) is 15.6 Å². The highest BCUT2D eigenvalue weighted by Crippen LogP contribution is 2.08. The van der Waals surface area contributed by atoms with Crippen molar-refractivity contribution in [3.63, 3.8) is 0 Å². The van der Waals surface area contributed by atoms with Gasteiger partial charge in [0.15, 0.2) is 0 Å². The molecule has 2 rings (SSSR count). The van der Waals surface area contributed by atoms with Crippen molar-refractivity contribution in [2.75, 3.05) is 25.5 Å². The molecule has 2 heterocycles. The van der Waals surface area contributed by atoms with E-state index >= 15 is 0 Å². The third-order valence-electron chi connectivity index (χ3n) is 3.11. The van der Waals surface area contributed by atoms with Gasteiger partial charge >= 0.3 is 0 Å². The Morgan fingerprint density at radius 1 is 1.56 bits per heavy atom.